The van der Waals surface area contributed by atoms with Crippen molar-refractivity contribution >= 4 is 34.0 Å². The molecule has 4 rings (SSSR count). The smallest absolute Gasteiger partial charge is 0.352 e. The van der Waals surface area contributed by atoms with Gasteiger partial charge in [0.05, 0.1) is 5.56 Å². The van der Waals surface area contributed by atoms with E-state index in [-0.39, 0.29) is 28.5 Å². The van der Waals surface area contributed by atoms with E-state index in [9.17, 15) is 22.8 Å². The number of thiazole rings is 1. The predicted octanol–water partition coefficient (Wildman–Crippen LogP) is 4.53. The van der Waals surface area contributed by atoms with Gasteiger partial charge in [0, 0.05) is 23.5 Å². The zero-order valence-corrected chi connectivity index (χ0v) is 18.2. The summed E-state index contributed by atoms with van der Waals surface area (Å²) in [7, 11) is 0. The highest BCUT2D eigenvalue weighted by Crippen LogP contribution is 2.31. The van der Waals surface area contributed by atoms with E-state index in [4.69, 9.17) is 0 Å². The molecule has 1 aromatic heterocycles. The normalized spacial score (nSPS) is 14.4. The third kappa shape index (κ3) is 6.32. The van der Waals surface area contributed by atoms with Gasteiger partial charge in [-0.2, -0.15) is 13.2 Å². The van der Waals surface area contributed by atoms with Crippen molar-refractivity contribution in [3.8, 4) is 0 Å². The van der Waals surface area contributed by atoms with E-state index in [0.717, 1.165) is 41.9 Å². The Morgan fingerprint density at radius 2 is 1.85 bits per heavy atom. The van der Waals surface area contributed by atoms with Gasteiger partial charge in [0.2, 0.25) is 5.91 Å². The van der Waals surface area contributed by atoms with Gasteiger partial charge in [0.25, 0.3) is 5.91 Å². The lowest BCUT2D eigenvalue weighted by molar-refractivity contribution is -0.137. The number of alkyl halides is 3. The molecular formula is C23H21F3N4O2S. The van der Waals surface area contributed by atoms with E-state index < -0.39 is 23.7 Å². The first-order valence-electron chi connectivity index (χ1n) is 10.3. The van der Waals surface area contributed by atoms with E-state index in [0.29, 0.717) is 6.42 Å². The molecule has 0 aliphatic heterocycles. The molecule has 1 saturated carbocycles. The third-order valence-electron chi connectivity index (χ3n) is 5.01. The highest BCUT2D eigenvalue weighted by Gasteiger charge is 2.31. The zero-order chi connectivity index (χ0) is 23.4. The van der Waals surface area contributed by atoms with E-state index in [2.05, 4.69) is 20.9 Å². The number of rotatable bonds is 8. The highest BCUT2D eigenvalue weighted by molar-refractivity contribution is 7.14. The van der Waals surface area contributed by atoms with Gasteiger partial charge in [0.15, 0.2) is 5.13 Å². The van der Waals surface area contributed by atoms with Crippen molar-refractivity contribution in [3.63, 3.8) is 0 Å². The topological polar surface area (TPSA) is 83.1 Å². The number of carbonyl (C=O) groups is 2. The molecule has 3 N–H and O–H groups in total. The summed E-state index contributed by atoms with van der Waals surface area (Å²) in [4.78, 5) is 29.6. The second-order valence-electron chi connectivity index (χ2n) is 7.74. The average molecular weight is 475 g/mol. The molecule has 0 bridgehead atoms. The van der Waals surface area contributed by atoms with Gasteiger partial charge >= 0.3 is 6.18 Å². The molecule has 1 aliphatic rings. The van der Waals surface area contributed by atoms with Crippen LogP contribution in [0.3, 0.4) is 0 Å². The minimum Gasteiger partial charge on any atom is -0.352 e. The molecule has 33 heavy (non-hydrogen) atoms. The van der Waals surface area contributed by atoms with Crippen LogP contribution >= 0.6 is 11.3 Å². The Labute approximate surface area is 192 Å². The van der Waals surface area contributed by atoms with Crippen molar-refractivity contribution in [2.45, 2.75) is 37.5 Å². The molecule has 2 amide bonds. The summed E-state index contributed by atoms with van der Waals surface area (Å²) in [6.45, 7) is 0. The van der Waals surface area contributed by atoms with Crippen LogP contribution in [0.5, 0.6) is 0 Å². The SMILES string of the molecule is O=C(N[C@H](Cc1ccccc1)C(=O)NC1CC1)c1csc(Nc2cccc(C(F)(F)F)c2)n1. The highest BCUT2D eigenvalue weighted by atomic mass is 32.1. The molecule has 6 nitrogen and oxygen atoms in total. The van der Waals surface area contributed by atoms with Crippen molar-refractivity contribution in [3.05, 3.63) is 76.8 Å². The van der Waals surface area contributed by atoms with Gasteiger partial charge in [-0.1, -0.05) is 36.4 Å². The lowest BCUT2D eigenvalue weighted by Crippen LogP contribution is -2.48. The zero-order valence-electron chi connectivity index (χ0n) is 17.4. The summed E-state index contributed by atoms with van der Waals surface area (Å²) >= 11 is 1.08. The Balaban J connectivity index is 1.44. The van der Waals surface area contributed by atoms with Crippen LogP contribution in [0.2, 0.25) is 0 Å². The molecule has 3 aromatic rings. The summed E-state index contributed by atoms with van der Waals surface area (Å²) in [5, 5.41) is 10.2. The van der Waals surface area contributed by atoms with E-state index in [1.165, 1.54) is 17.5 Å². The molecule has 1 atom stereocenters. The average Bonchev–Trinajstić information content (AvgIpc) is 3.48. The largest absolute Gasteiger partial charge is 0.416 e. The Morgan fingerprint density at radius 1 is 1.09 bits per heavy atom. The molecule has 0 unspecified atom stereocenters. The van der Waals surface area contributed by atoms with Crippen molar-refractivity contribution in [1.82, 2.24) is 15.6 Å². The minimum absolute atomic E-state index is 0.0757. The molecule has 0 radical (unpaired) electrons. The number of anilines is 2. The van der Waals surface area contributed by atoms with Crippen LogP contribution < -0.4 is 16.0 Å². The summed E-state index contributed by atoms with van der Waals surface area (Å²) in [6.07, 6.45) is -2.28. The second kappa shape index (κ2) is 9.62. The summed E-state index contributed by atoms with van der Waals surface area (Å²) < 4.78 is 38.7. The first-order valence-corrected chi connectivity index (χ1v) is 11.2. The van der Waals surface area contributed by atoms with Gasteiger partial charge in [-0.15, -0.1) is 11.3 Å². The molecule has 1 fully saturated rings. The summed E-state index contributed by atoms with van der Waals surface area (Å²) in [6, 6.07) is 13.4. The third-order valence-corrected chi connectivity index (χ3v) is 5.76. The standard InChI is InChI=1S/C23H21F3N4O2S/c24-23(25,26)15-7-4-8-17(12-15)28-22-30-19(13-33-22)21(32)29-18(20(31)27-16-9-10-16)11-14-5-2-1-3-6-14/h1-8,12-13,16,18H,9-11H2,(H,27,31)(H,28,30)(H,29,32)/t18-/m1/s1. The molecule has 1 heterocycles. The van der Waals surface area contributed by atoms with E-state index >= 15 is 0 Å². The lowest BCUT2D eigenvalue weighted by Gasteiger charge is -2.18. The van der Waals surface area contributed by atoms with Crippen LogP contribution in [-0.4, -0.2) is 28.9 Å². The number of carbonyl (C=O) groups excluding carboxylic acids is 2. The van der Waals surface area contributed by atoms with Gasteiger partial charge in [-0.3, -0.25) is 9.59 Å². The number of aromatic nitrogens is 1. The molecule has 0 saturated heterocycles. The Morgan fingerprint density at radius 3 is 2.55 bits per heavy atom. The first-order chi connectivity index (χ1) is 15.8. The molecule has 1 aliphatic carbocycles. The number of nitrogens with zero attached hydrogens (tertiary/aromatic N) is 1. The number of benzene rings is 2. The van der Waals surface area contributed by atoms with Crippen LogP contribution in [0.1, 0.15) is 34.5 Å². The van der Waals surface area contributed by atoms with Crippen LogP contribution in [0.15, 0.2) is 60.0 Å². The number of hydrogen-bond donors (Lipinski definition) is 3. The Kier molecular flexibility index (Phi) is 6.64. The predicted molar refractivity (Wildman–Crippen MR) is 119 cm³/mol. The van der Waals surface area contributed by atoms with Crippen molar-refractivity contribution in [2.24, 2.45) is 0 Å². The van der Waals surface area contributed by atoms with E-state index in [1.807, 2.05) is 30.3 Å². The number of amides is 2. The number of nitrogens with one attached hydrogen (secondary N) is 3. The van der Waals surface area contributed by atoms with Gasteiger partial charge in [-0.05, 0) is 36.6 Å². The van der Waals surface area contributed by atoms with Crippen LogP contribution in [0.25, 0.3) is 0 Å². The molecule has 2 aromatic carbocycles. The maximum atomic E-state index is 12.9. The lowest BCUT2D eigenvalue weighted by atomic mass is 10.0. The van der Waals surface area contributed by atoms with Crippen molar-refractivity contribution in [2.75, 3.05) is 5.32 Å². The monoisotopic (exact) mass is 474 g/mol. The maximum absolute atomic E-state index is 12.9. The summed E-state index contributed by atoms with van der Waals surface area (Å²) in [5.74, 6) is -0.789. The summed E-state index contributed by atoms with van der Waals surface area (Å²) in [5.41, 5.74) is 0.398. The van der Waals surface area contributed by atoms with Gasteiger partial charge in [-0.25, -0.2) is 4.98 Å². The minimum atomic E-state index is -4.46. The quantitative estimate of drug-likeness (QED) is 0.448. The molecule has 0 spiro atoms. The number of halogens is 3. The van der Waals surface area contributed by atoms with Crippen molar-refractivity contribution < 1.29 is 22.8 Å². The fourth-order valence-electron chi connectivity index (χ4n) is 3.15. The van der Waals surface area contributed by atoms with Gasteiger partial charge in [0.1, 0.15) is 11.7 Å². The van der Waals surface area contributed by atoms with Crippen LogP contribution in [-0.2, 0) is 17.4 Å². The fraction of sp³-hybridized carbons (Fsp3) is 0.261. The van der Waals surface area contributed by atoms with E-state index in [1.54, 1.807) is 0 Å². The van der Waals surface area contributed by atoms with Gasteiger partial charge < -0.3 is 16.0 Å². The first kappa shape index (κ1) is 22.8. The Bertz CT molecular complexity index is 1130. The van der Waals surface area contributed by atoms with Crippen molar-refractivity contribution in [1.29, 1.82) is 0 Å². The number of hydrogen-bond acceptors (Lipinski definition) is 5. The van der Waals surface area contributed by atoms with Crippen LogP contribution in [0.4, 0.5) is 24.0 Å². The Hall–Kier alpha value is -3.40. The second-order valence-corrected chi connectivity index (χ2v) is 8.60. The fourth-order valence-corrected chi connectivity index (χ4v) is 3.86. The van der Waals surface area contributed by atoms with Crippen LogP contribution in [0, 0.1) is 0 Å². The molecule has 172 valence electrons. The maximum Gasteiger partial charge on any atom is 0.416 e. The molecular weight excluding hydrogens is 453 g/mol. The molecule has 10 heteroatoms.